The van der Waals surface area contributed by atoms with Crippen LogP contribution in [-0.2, 0) is 21.2 Å². The van der Waals surface area contributed by atoms with Crippen LogP contribution in [0.1, 0.15) is 12.5 Å². The summed E-state index contributed by atoms with van der Waals surface area (Å²) in [7, 11) is -3.70. The van der Waals surface area contributed by atoms with Crippen LogP contribution in [-0.4, -0.2) is 27.0 Å². The quantitative estimate of drug-likeness (QED) is 0.866. The molecule has 0 radical (unpaired) electrons. The number of para-hydroxylation sites is 2. The van der Waals surface area contributed by atoms with Crippen LogP contribution in [0.4, 0.5) is 5.69 Å². The van der Waals surface area contributed by atoms with Crippen molar-refractivity contribution in [3.63, 3.8) is 0 Å². The molecule has 0 aliphatic carbocycles. The van der Waals surface area contributed by atoms with Crippen molar-refractivity contribution >= 4 is 21.6 Å². The number of amides is 1. The van der Waals surface area contributed by atoms with Gasteiger partial charge in [0.1, 0.15) is 5.75 Å². The fourth-order valence-corrected chi connectivity index (χ4v) is 3.43. The van der Waals surface area contributed by atoms with E-state index in [1.165, 1.54) is 0 Å². The summed E-state index contributed by atoms with van der Waals surface area (Å²) in [6.45, 7) is 1.86. The largest absolute Gasteiger partial charge is 0.477 e. The van der Waals surface area contributed by atoms with E-state index in [0.29, 0.717) is 11.4 Å². The Hall–Kier alpha value is -2.38. The van der Waals surface area contributed by atoms with Crippen LogP contribution in [0.15, 0.2) is 53.4 Å². The minimum atomic E-state index is -3.70. The number of nitrogens with one attached hydrogen (secondary N) is 2. The van der Waals surface area contributed by atoms with Gasteiger partial charge in [0.15, 0.2) is 6.10 Å². The highest BCUT2D eigenvalue weighted by Gasteiger charge is 2.29. The lowest BCUT2D eigenvalue weighted by molar-refractivity contribution is -0.123. The maximum absolute atomic E-state index is 12.3. The molecule has 1 aliphatic rings. The number of hydrogen-bond donors (Lipinski definition) is 2. The summed E-state index contributed by atoms with van der Waals surface area (Å²) in [5, 5.41) is 2.70. The molecule has 2 N–H and O–H groups in total. The van der Waals surface area contributed by atoms with Crippen LogP contribution in [0.3, 0.4) is 0 Å². The predicted octanol–water partition coefficient (Wildman–Crippen LogP) is 1.93. The second kappa shape index (κ2) is 6.62. The third-order valence-electron chi connectivity index (χ3n) is 3.81. The van der Waals surface area contributed by atoms with Gasteiger partial charge < -0.3 is 10.1 Å². The van der Waals surface area contributed by atoms with Crippen LogP contribution in [0, 0.1) is 0 Å². The number of hydrogen-bond acceptors (Lipinski definition) is 4. The van der Waals surface area contributed by atoms with E-state index >= 15 is 0 Å². The predicted molar refractivity (Wildman–Crippen MR) is 90.5 cm³/mol. The molecule has 0 saturated heterocycles. The van der Waals surface area contributed by atoms with E-state index in [0.717, 1.165) is 12.0 Å². The first kappa shape index (κ1) is 16.5. The van der Waals surface area contributed by atoms with Crippen LogP contribution < -0.4 is 14.8 Å². The first-order chi connectivity index (χ1) is 11.5. The molecule has 6 nitrogen and oxygen atoms in total. The second-order valence-electron chi connectivity index (χ2n) is 5.44. The number of carbonyl (C=O) groups is 1. The van der Waals surface area contributed by atoms with Gasteiger partial charge in [-0.1, -0.05) is 31.2 Å². The van der Waals surface area contributed by atoms with Crippen molar-refractivity contribution in [2.24, 2.45) is 0 Å². The number of fused-ring (bicyclic) bond motifs is 1. The van der Waals surface area contributed by atoms with Gasteiger partial charge in [-0.25, -0.2) is 13.1 Å². The number of sulfonamides is 1. The Bertz CT molecular complexity index is 847. The van der Waals surface area contributed by atoms with Gasteiger partial charge in [0.2, 0.25) is 10.0 Å². The van der Waals surface area contributed by atoms with E-state index in [2.05, 4.69) is 10.0 Å². The maximum Gasteiger partial charge on any atom is 0.266 e. The molecule has 2 aromatic carbocycles. The molecular formula is C17H18N2O4S. The number of ether oxygens (including phenoxy) is 1. The van der Waals surface area contributed by atoms with Crippen molar-refractivity contribution in [1.82, 2.24) is 4.72 Å². The Kier molecular flexibility index (Phi) is 4.55. The molecule has 3 rings (SSSR count). The highest BCUT2D eigenvalue weighted by Crippen LogP contribution is 2.28. The molecule has 2 aromatic rings. The molecule has 0 saturated carbocycles. The van der Waals surface area contributed by atoms with E-state index in [-0.39, 0.29) is 17.3 Å². The fraction of sp³-hybridized carbons (Fsp3) is 0.235. The summed E-state index contributed by atoms with van der Waals surface area (Å²) in [6, 6.07) is 13.7. The Morgan fingerprint density at radius 3 is 2.54 bits per heavy atom. The number of rotatable bonds is 5. The van der Waals surface area contributed by atoms with Crippen LogP contribution in [0.5, 0.6) is 5.75 Å². The Labute approximate surface area is 140 Å². The molecule has 1 amide bonds. The number of carbonyl (C=O) groups excluding carboxylic acids is 1. The van der Waals surface area contributed by atoms with E-state index < -0.39 is 16.1 Å². The zero-order chi connectivity index (χ0) is 17.2. The Morgan fingerprint density at radius 1 is 1.12 bits per heavy atom. The van der Waals surface area contributed by atoms with Gasteiger partial charge in [0.05, 0.1) is 17.1 Å². The van der Waals surface area contributed by atoms with Gasteiger partial charge in [0, 0.05) is 0 Å². The Morgan fingerprint density at radius 2 is 1.83 bits per heavy atom. The van der Waals surface area contributed by atoms with Gasteiger partial charge in [-0.05, 0) is 36.2 Å². The van der Waals surface area contributed by atoms with E-state index in [1.54, 1.807) is 48.5 Å². The first-order valence-corrected chi connectivity index (χ1v) is 9.13. The lowest BCUT2D eigenvalue weighted by Gasteiger charge is -2.25. The van der Waals surface area contributed by atoms with E-state index in [1.807, 2.05) is 6.92 Å². The second-order valence-corrected chi connectivity index (χ2v) is 7.21. The molecule has 0 aromatic heterocycles. The average molecular weight is 346 g/mol. The Balaban J connectivity index is 1.69. The first-order valence-electron chi connectivity index (χ1n) is 7.65. The number of anilines is 1. The van der Waals surface area contributed by atoms with Crippen molar-refractivity contribution in [3.8, 4) is 5.75 Å². The normalized spacial score (nSPS) is 16.9. The van der Waals surface area contributed by atoms with Gasteiger partial charge in [-0.15, -0.1) is 0 Å². The summed E-state index contributed by atoms with van der Waals surface area (Å²) < 4.78 is 32.7. The van der Waals surface area contributed by atoms with Gasteiger partial charge >= 0.3 is 0 Å². The minimum absolute atomic E-state index is 0.141. The molecule has 7 heteroatoms. The lowest BCUT2D eigenvalue weighted by Crippen LogP contribution is -2.45. The fourth-order valence-electron chi connectivity index (χ4n) is 2.40. The molecule has 1 heterocycles. The zero-order valence-corrected chi connectivity index (χ0v) is 14.0. The lowest BCUT2D eigenvalue weighted by atomic mass is 10.2. The summed E-state index contributed by atoms with van der Waals surface area (Å²) >= 11 is 0. The summed E-state index contributed by atoms with van der Waals surface area (Å²) in [6.07, 6.45) is -0.0759. The number of benzene rings is 2. The highest BCUT2D eigenvalue weighted by atomic mass is 32.2. The molecule has 24 heavy (non-hydrogen) atoms. The molecule has 0 bridgehead atoms. The average Bonchev–Trinajstić information content (AvgIpc) is 2.60. The molecule has 1 unspecified atom stereocenters. The topological polar surface area (TPSA) is 84.5 Å². The molecule has 0 fully saturated rings. The molecule has 1 aliphatic heterocycles. The van der Waals surface area contributed by atoms with Crippen molar-refractivity contribution in [1.29, 1.82) is 0 Å². The van der Waals surface area contributed by atoms with Crippen molar-refractivity contribution in [3.05, 3.63) is 54.1 Å². The van der Waals surface area contributed by atoms with Gasteiger partial charge in [-0.2, -0.15) is 0 Å². The molecule has 1 atom stereocenters. The highest BCUT2D eigenvalue weighted by molar-refractivity contribution is 7.89. The van der Waals surface area contributed by atoms with E-state index in [9.17, 15) is 13.2 Å². The van der Waals surface area contributed by atoms with Crippen molar-refractivity contribution < 1.29 is 17.9 Å². The molecule has 126 valence electrons. The van der Waals surface area contributed by atoms with Crippen molar-refractivity contribution in [2.45, 2.75) is 24.3 Å². The van der Waals surface area contributed by atoms with Crippen molar-refractivity contribution in [2.75, 3.05) is 11.9 Å². The summed E-state index contributed by atoms with van der Waals surface area (Å²) in [5.41, 5.74) is 1.64. The van der Waals surface area contributed by atoms with Gasteiger partial charge in [0.25, 0.3) is 5.91 Å². The van der Waals surface area contributed by atoms with Gasteiger partial charge in [-0.3, -0.25) is 4.79 Å². The van der Waals surface area contributed by atoms with E-state index in [4.69, 9.17) is 4.74 Å². The van der Waals surface area contributed by atoms with Crippen LogP contribution >= 0.6 is 0 Å². The SMILES string of the molecule is CCc1ccc(S(=O)(=O)NCC2Oc3ccccc3NC2=O)cc1. The van der Waals surface area contributed by atoms with Crippen LogP contribution in [0.25, 0.3) is 0 Å². The van der Waals surface area contributed by atoms with Crippen LogP contribution in [0.2, 0.25) is 0 Å². The third kappa shape index (κ3) is 3.42. The summed E-state index contributed by atoms with van der Waals surface area (Å²) in [4.78, 5) is 12.2. The maximum atomic E-state index is 12.3. The molecule has 0 spiro atoms. The smallest absolute Gasteiger partial charge is 0.266 e. The monoisotopic (exact) mass is 346 g/mol. The zero-order valence-electron chi connectivity index (χ0n) is 13.2. The summed E-state index contributed by atoms with van der Waals surface area (Å²) in [5.74, 6) is 0.145. The minimum Gasteiger partial charge on any atom is -0.477 e. The number of aryl methyl sites for hydroxylation is 1. The standard InChI is InChI=1S/C17H18N2O4S/c1-2-12-7-9-13(10-8-12)24(21,22)18-11-16-17(20)19-14-5-3-4-6-15(14)23-16/h3-10,16,18H,2,11H2,1H3,(H,19,20). The third-order valence-corrected chi connectivity index (χ3v) is 5.25. The molecular weight excluding hydrogens is 328 g/mol.